The lowest BCUT2D eigenvalue weighted by Crippen LogP contribution is -2.43. The number of carbonyl (C=O) groups excluding carboxylic acids is 1. The Morgan fingerprint density at radius 2 is 2.18 bits per heavy atom. The summed E-state index contributed by atoms with van der Waals surface area (Å²) >= 11 is 0. The van der Waals surface area contributed by atoms with Crippen LogP contribution in [0.15, 0.2) is 31.0 Å². The van der Waals surface area contributed by atoms with E-state index in [1.807, 2.05) is 6.07 Å². The molecule has 3 rings (SSSR count). The molecule has 2 N–H and O–H groups in total. The third-order valence-corrected chi connectivity index (χ3v) is 3.30. The molecule has 1 fully saturated rings. The van der Waals surface area contributed by atoms with Crippen LogP contribution in [0, 0.1) is 0 Å². The summed E-state index contributed by atoms with van der Waals surface area (Å²) in [5.74, 6) is 0.663. The number of piperidine rings is 1. The van der Waals surface area contributed by atoms with E-state index in [1.165, 1.54) is 6.33 Å². The van der Waals surface area contributed by atoms with Gasteiger partial charge in [-0.3, -0.25) is 4.79 Å². The highest BCUT2D eigenvalue weighted by Gasteiger charge is 2.20. The first-order chi connectivity index (χ1) is 9.83. The quantitative estimate of drug-likeness (QED) is 0.882. The van der Waals surface area contributed by atoms with Crippen molar-refractivity contribution < 1.29 is 4.79 Å². The number of nitrogens with zero attached hydrogens (tertiary/aromatic N) is 4. The second-order valence-corrected chi connectivity index (χ2v) is 4.74. The molecule has 2 aromatic rings. The van der Waals surface area contributed by atoms with Crippen molar-refractivity contribution in [1.29, 1.82) is 0 Å². The van der Waals surface area contributed by atoms with Gasteiger partial charge in [0.15, 0.2) is 5.82 Å². The smallest absolute Gasteiger partial charge is 0.241 e. The molecule has 1 unspecified atom stereocenters. The number of hydrogen-bond donors (Lipinski definition) is 2. The Kier molecular flexibility index (Phi) is 7.23. The molecule has 0 aliphatic carbocycles. The van der Waals surface area contributed by atoms with Crippen LogP contribution in [0.2, 0.25) is 0 Å². The number of hydrogen-bond acceptors (Lipinski definition) is 5. The molecule has 9 heteroatoms. The maximum atomic E-state index is 12.1. The van der Waals surface area contributed by atoms with E-state index in [2.05, 4.69) is 25.7 Å². The summed E-state index contributed by atoms with van der Waals surface area (Å²) in [6, 6.07) is 3.50. The molecular weight excluding hydrogens is 327 g/mol. The van der Waals surface area contributed by atoms with Crippen LogP contribution in [0.3, 0.4) is 0 Å². The summed E-state index contributed by atoms with van der Waals surface area (Å²) in [6.07, 6.45) is 7.76. The van der Waals surface area contributed by atoms with Crippen molar-refractivity contribution >= 4 is 36.4 Å². The number of anilines is 1. The second-order valence-electron chi connectivity index (χ2n) is 4.74. The maximum absolute atomic E-state index is 12.1. The molecule has 1 atom stereocenters. The van der Waals surface area contributed by atoms with Gasteiger partial charge >= 0.3 is 0 Å². The van der Waals surface area contributed by atoms with Gasteiger partial charge in [0.2, 0.25) is 5.91 Å². The fraction of sp³-hybridized carbons (Fsp3) is 0.385. The Hall–Kier alpha value is -1.70. The van der Waals surface area contributed by atoms with Gasteiger partial charge in [0.1, 0.15) is 12.7 Å². The van der Waals surface area contributed by atoms with Gasteiger partial charge in [-0.2, -0.15) is 5.10 Å². The first-order valence-electron chi connectivity index (χ1n) is 6.68. The van der Waals surface area contributed by atoms with Crippen LogP contribution in [-0.4, -0.2) is 38.2 Å². The largest absolute Gasteiger partial charge is 0.323 e. The zero-order valence-electron chi connectivity index (χ0n) is 11.8. The highest BCUT2D eigenvalue weighted by Crippen LogP contribution is 2.12. The minimum Gasteiger partial charge on any atom is -0.323 e. The topological polar surface area (TPSA) is 84.7 Å². The van der Waals surface area contributed by atoms with Crippen LogP contribution >= 0.6 is 24.8 Å². The molecular formula is C13H18Cl2N6O. The summed E-state index contributed by atoms with van der Waals surface area (Å²) in [4.78, 5) is 20.2. The number of carbonyl (C=O) groups is 1. The van der Waals surface area contributed by atoms with Crippen LogP contribution in [0.4, 0.5) is 5.69 Å². The van der Waals surface area contributed by atoms with Crippen LogP contribution in [-0.2, 0) is 4.79 Å². The second kappa shape index (κ2) is 8.67. The Bertz CT molecular complexity index is 569. The van der Waals surface area contributed by atoms with Crippen molar-refractivity contribution in [3.8, 4) is 5.82 Å². The Morgan fingerprint density at radius 3 is 2.77 bits per heavy atom. The zero-order chi connectivity index (χ0) is 13.8. The van der Waals surface area contributed by atoms with E-state index >= 15 is 0 Å². The van der Waals surface area contributed by atoms with Crippen LogP contribution in [0.5, 0.6) is 0 Å². The van der Waals surface area contributed by atoms with Gasteiger partial charge in [0, 0.05) is 0 Å². The molecule has 0 saturated carbocycles. The number of rotatable bonds is 3. The average Bonchev–Trinajstić information content (AvgIpc) is 3.03. The van der Waals surface area contributed by atoms with E-state index in [1.54, 1.807) is 23.3 Å². The first kappa shape index (κ1) is 18.3. The van der Waals surface area contributed by atoms with Gasteiger partial charge in [0.25, 0.3) is 0 Å². The van der Waals surface area contributed by atoms with Crippen molar-refractivity contribution in [3.05, 3.63) is 31.0 Å². The summed E-state index contributed by atoms with van der Waals surface area (Å²) in [6.45, 7) is 0.904. The zero-order valence-corrected chi connectivity index (χ0v) is 13.4. The minimum atomic E-state index is -0.0984. The standard InChI is InChI=1S/C13H16N6O.2ClH/c20-13(11-3-1-2-6-15-11)18-10-4-5-12(16-7-10)19-9-14-8-17-19;;/h4-5,7-9,11,15H,1-3,6H2,(H,18,20);2*1H. The van der Waals surface area contributed by atoms with Gasteiger partial charge in [-0.25, -0.2) is 14.6 Å². The SMILES string of the molecule is Cl.Cl.O=C(Nc1ccc(-n2cncn2)nc1)C1CCCCN1. The monoisotopic (exact) mass is 344 g/mol. The normalized spacial score (nSPS) is 17.0. The van der Waals surface area contributed by atoms with Crippen molar-refractivity contribution in [2.45, 2.75) is 25.3 Å². The van der Waals surface area contributed by atoms with Crippen LogP contribution in [0.25, 0.3) is 5.82 Å². The molecule has 0 aromatic carbocycles. The number of aromatic nitrogens is 4. The van der Waals surface area contributed by atoms with Crippen molar-refractivity contribution in [1.82, 2.24) is 25.1 Å². The van der Waals surface area contributed by atoms with Gasteiger partial charge in [-0.15, -0.1) is 24.8 Å². The lowest BCUT2D eigenvalue weighted by atomic mass is 10.0. The summed E-state index contributed by atoms with van der Waals surface area (Å²) in [7, 11) is 0. The molecule has 7 nitrogen and oxygen atoms in total. The Labute approximate surface area is 140 Å². The third-order valence-electron chi connectivity index (χ3n) is 3.30. The fourth-order valence-corrected chi connectivity index (χ4v) is 2.23. The molecule has 22 heavy (non-hydrogen) atoms. The molecule has 1 saturated heterocycles. The number of amides is 1. The predicted octanol–water partition coefficient (Wildman–Crippen LogP) is 1.59. The molecule has 0 bridgehead atoms. The molecule has 2 aromatic heterocycles. The van der Waals surface area contributed by atoms with E-state index in [4.69, 9.17) is 0 Å². The molecule has 3 heterocycles. The van der Waals surface area contributed by atoms with E-state index < -0.39 is 0 Å². The molecule has 1 aliphatic rings. The van der Waals surface area contributed by atoms with Crippen molar-refractivity contribution in [2.75, 3.05) is 11.9 Å². The molecule has 1 aliphatic heterocycles. The molecule has 120 valence electrons. The van der Waals surface area contributed by atoms with Crippen molar-refractivity contribution in [3.63, 3.8) is 0 Å². The lowest BCUT2D eigenvalue weighted by Gasteiger charge is -2.22. The average molecular weight is 345 g/mol. The lowest BCUT2D eigenvalue weighted by molar-refractivity contribution is -0.118. The van der Waals surface area contributed by atoms with Crippen LogP contribution < -0.4 is 10.6 Å². The predicted molar refractivity (Wildman–Crippen MR) is 87.9 cm³/mol. The number of halogens is 2. The first-order valence-corrected chi connectivity index (χ1v) is 6.68. The highest BCUT2D eigenvalue weighted by atomic mass is 35.5. The third kappa shape index (κ3) is 4.40. The summed E-state index contributed by atoms with van der Waals surface area (Å²) in [5, 5.41) is 10.1. The molecule has 1 amide bonds. The van der Waals surface area contributed by atoms with E-state index in [0.29, 0.717) is 11.5 Å². The van der Waals surface area contributed by atoms with Gasteiger partial charge in [0.05, 0.1) is 17.9 Å². The van der Waals surface area contributed by atoms with Crippen molar-refractivity contribution in [2.24, 2.45) is 0 Å². The number of nitrogens with one attached hydrogen (secondary N) is 2. The van der Waals surface area contributed by atoms with Gasteiger partial charge in [-0.1, -0.05) is 6.42 Å². The number of pyridine rings is 1. The highest BCUT2D eigenvalue weighted by molar-refractivity contribution is 5.94. The van der Waals surface area contributed by atoms with E-state index in [0.717, 1.165) is 25.8 Å². The van der Waals surface area contributed by atoms with Crippen LogP contribution in [0.1, 0.15) is 19.3 Å². The molecule has 0 spiro atoms. The summed E-state index contributed by atoms with van der Waals surface area (Å²) < 4.78 is 1.56. The van der Waals surface area contributed by atoms with Gasteiger partial charge in [-0.05, 0) is 31.5 Å². The van der Waals surface area contributed by atoms with E-state index in [9.17, 15) is 4.79 Å². The fourth-order valence-electron chi connectivity index (χ4n) is 2.23. The maximum Gasteiger partial charge on any atom is 0.241 e. The molecule has 0 radical (unpaired) electrons. The minimum absolute atomic E-state index is 0. The Balaban J connectivity index is 0.00000121. The summed E-state index contributed by atoms with van der Waals surface area (Å²) in [5.41, 5.74) is 0.686. The Morgan fingerprint density at radius 1 is 1.32 bits per heavy atom. The van der Waals surface area contributed by atoms with E-state index in [-0.39, 0.29) is 36.8 Å². The van der Waals surface area contributed by atoms with Gasteiger partial charge < -0.3 is 10.6 Å².